The third kappa shape index (κ3) is 18.0. The Balaban J connectivity index is 4.10. The molecule has 0 radical (unpaired) electrons. The van der Waals surface area contributed by atoms with E-state index in [2.05, 4.69) is 13.8 Å². The lowest BCUT2D eigenvalue weighted by molar-refractivity contribution is -0.157. The second-order valence-electron chi connectivity index (χ2n) is 8.54. The zero-order valence-electron chi connectivity index (χ0n) is 19.9. The van der Waals surface area contributed by atoms with E-state index in [1.54, 1.807) is 0 Å². The van der Waals surface area contributed by atoms with Crippen molar-refractivity contribution in [3.8, 4) is 0 Å². The molecule has 0 aliphatic carbocycles. The van der Waals surface area contributed by atoms with Crippen molar-refractivity contribution >= 4 is 23.5 Å². The average molecular weight is 448 g/mol. The maximum atomic E-state index is 12.5. The first-order valence-corrected chi connectivity index (χ1v) is 12.5. The van der Waals surface area contributed by atoms with Crippen LogP contribution in [0.15, 0.2) is 0 Å². The number of alkyl halides is 1. The lowest BCUT2D eigenvalue weighted by Gasteiger charge is -2.17. The molecule has 0 spiro atoms. The Bertz CT molecular complexity index is 431. The third-order valence-corrected chi connectivity index (χ3v) is 5.46. The van der Waals surface area contributed by atoms with Crippen LogP contribution in [0.3, 0.4) is 0 Å². The third-order valence-electron chi connectivity index (χ3n) is 5.25. The normalized spacial score (nSPS) is 13.3. The van der Waals surface area contributed by atoms with Crippen molar-refractivity contribution < 1.29 is 19.1 Å². The molecule has 0 saturated carbocycles. The molecule has 0 aliphatic heterocycles. The van der Waals surface area contributed by atoms with Crippen LogP contribution in [0.5, 0.6) is 0 Å². The summed E-state index contributed by atoms with van der Waals surface area (Å²) in [6.07, 6.45) is 14.8. The molecular weight excluding hydrogens is 402 g/mol. The highest BCUT2D eigenvalue weighted by molar-refractivity contribution is 6.20. The Kier molecular flexibility index (Phi) is 19.6. The number of rotatable bonds is 20. The van der Waals surface area contributed by atoms with E-state index in [0.717, 1.165) is 38.6 Å². The number of halogens is 1. The largest absolute Gasteiger partial charge is 0.460 e. The van der Waals surface area contributed by atoms with E-state index in [9.17, 15) is 9.59 Å². The summed E-state index contributed by atoms with van der Waals surface area (Å²) in [6, 6.07) is 0. The molecule has 0 heterocycles. The first-order valence-electron chi connectivity index (χ1n) is 12.1. The molecule has 2 unspecified atom stereocenters. The minimum absolute atomic E-state index is 0.0790. The van der Waals surface area contributed by atoms with Gasteiger partial charge in [-0.1, -0.05) is 89.7 Å². The molecule has 0 aromatic heterocycles. The highest BCUT2D eigenvalue weighted by Gasteiger charge is 2.21. The van der Waals surface area contributed by atoms with Gasteiger partial charge in [0.05, 0.1) is 5.92 Å². The summed E-state index contributed by atoms with van der Waals surface area (Å²) in [6.45, 7) is 5.09. The minimum Gasteiger partial charge on any atom is -0.460 e. The van der Waals surface area contributed by atoms with Gasteiger partial charge in [0.15, 0.2) is 0 Å². The van der Waals surface area contributed by atoms with Crippen molar-refractivity contribution in [1.82, 2.24) is 4.90 Å². The molecule has 0 bridgehead atoms. The summed E-state index contributed by atoms with van der Waals surface area (Å²) in [5.41, 5.74) is -0.921. The fourth-order valence-electron chi connectivity index (χ4n) is 3.40. The number of carbonyl (C=O) groups is 2. The summed E-state index contributed by atoms with van der Waals surface area (Å²) >= 11 is 6.04. The minimum atomic E-state index is -0.921. The predicted octanol–water partition coefficient (Wildman–Crippen LogP) is 6.32. The number of esters is 2. The fraction of sp³-hybridized carbons (Fsp3) is 0.917. The molecular formula is C24H46ClNO4. The molecule has 30 heavy (non-hydrogen) atoms. The Morgan fingerprint density at radius 1 is 0.833 bits per heavy atom. The second-order valence-corrected chi connectivity index (χ2v) is 9.03. The van der Waals surface area contributed by atoms with Crippen LogP contribution in [0.4, 0.5) is 0 Å². The number of ether oxygens (including phenoxy) is 2. The lowest BCUT2D eigenvalue weighted by Crippen LogP contribution is -2.25. The zero-order chi connectivity index (χ0) is 22.6. The van der Waals surface area contributed by atoms with Gasteiger partial charge in [-0.15, -0.1) is 0 Å². The van der Waals surface area contributed by atoms with Crippen molar-refractivity contribution in [2.24, 2.45) is 5.92 Å². The number of unbranched alkanes of at least 4 members (excludes halogenated alkanes) is 8. The Hall–Kier alpha value is -0.810. The van der Waals surface area contributed by atoms with Crippen molar-refractivity contribution in [2.45, 2.75) is 109 Å². The summed E-state index contributed by atoms with van der Waals surface area (Å²) in [5, 5.41) is 0. The van der Waals surface area contributed by atoms with Gasteiger partial charge in [-0.25, -0.2) is 0 Å². The van der Waals surface area contributed by atoms with Gasteiger partial charge >= 0.3 is 11.9 Å². The van der Waals surface area contributed by atoms with Crippen LogP contribution in [0.1, 0.15) is 104 Å². The molecule has 6 heteroatoms. The van der Waals surface area contributed by atoms with Crippen LogP contribution < -0.4 is 0 Å². The van der Waals surface area contributed by atoms with E-state index in [4.69, 9.17) is 21.1 Å². The topological polar surface area (TPSA) is 55.8 Å². The SMILES string of the molecule is CCCCCCCCCCC(CCCC)C(=O)OCC(Cl)OC(=O)CCCN(C)C. The van der Waals surface area contributed by atoms with Crippen LogP contribution in [0, 0.1) is 5.92 Å². The smallest absolute Gasteiger partial charge is 0.309 e. The summed E-state index contributed by atoms with van der Waals surface area (Å²) < 4.78 is 10.5. The molecule has 0 saturated heterocycles. The Morgan fingerprint density at radius 3 is 2.00 bits per heavy atom. The molecule has 5 nitrogen and oxygen atoms in total. The molecule has 0 N–H and O–H groups in total. The molecule has 0 aliphatic rings. The van der Waals surface area contributed by atoms with Crippen molar-refractivity contribution in [3.63, 3.8) is 0 Å². The Labute approximate surface area is 190 Å². The van der Waals surface area contributed by atoms with Gasteiger partial charge in [0.2, 0.25) is 5.56 Å². The summed E-state index contributed by atoms with van der Waals surface area (Å²) in [5.74, 6) is -0.639. The van der Waals surface area contributed by atoms with Crippen LogP contribution in [-0.2, 0) is 19.1 Å². The monoisotopic (exact) mass is 447 g/mol. The molecule has 0 fully saturated rings. The molecule has 0 aromatic rings. The number of hydrogen-bond acceptors (Lipinski definition) is 5. The highest BCUT2D eigenvalue weighted by atomic mass is 35.5. The van der Waals surface area contributed by atoms with Crippen LogP contribution in [-0.4, -0.2) is 49.6 Å². The quantitative estimate of drug-likeness (QED) is 0.124. The van der Waals surface area contributed by atoms with E-state index in [1.165, 1.54) is 44.9 Å². The first-order chi connectivity index (χ1) is 14.4. The van der Waals surface area contributed by atoms with Gasteiger partial charge in [-0.3, -0.25) is 9.59 Å². The van der Waals surface area contributed by atoms with Gasteiger partial charge in [0.1, 0.15) is 6.61 Å². The summed E-state index contributed by atoms with van der Waals surface area (Å²) in [4.78, 5) is 26.3. The first kappa shape index (κ1) is 29.2. The van der Waals surface area contributed by atoms with E-state index in [1.807, 2.05) is 19.0 Å². The molecule has 2 atom stereocenters. The van der Waals surface area contributed by atoms with Gasteiger partial charge in [-0.05, 0) is 39.9 Å². The van der Waals surface area contributed by atoms with Gasteiger partial charge in [0, 0.05) is 6.42 Å². The fourth-order valence-corrected chi connectivity index (χ4v) is 3.56. The predicted molar refractivity (Wildman–Crippen MR) is 125 cm³/mol. The van der Waals surface area contributed by atoms with E-state index < -0.39 is 5.56 Å². The number of carbonyl (C=O) groups excluding carboxylic acids is 2. The standard InChI is InChI=1S/C24H46ClNO4/c1-5-7-9-10-11-12-13-14-17-21(16-8-6-2)24(28)29-20-22(25)30-23(27)18-15-19-26(3)4/h21-22H,5-20H2,1-4H3. The van der Waals surface area contributed by atoms with E-state index in [0.29, 0.717) is 12.8 Å². The number of nitrogens with zero attached hydrogens (tertiary/aromatic N) is 1. The van der Waals surface area contributed by atoms with Crippen LogP contribution in [0.2, 0.25) is 0 Å². The van der Waals surface area contributed by atoms with E-state index in [-0.39, 0.29) is 24.5 Å². The van der Waals surface area contributed by atoms with Crippen molar-refractivity contribution in [1.29, 1.82) is 0 Å². The zero-order valence-corrected chi connectivity index (χ0v) is 20.7. The van der Waals surface area contributed by atoms with Gasteiger partial charge in [-0.2, -0.15) is 0 Å². The van der Waals surface area contributed by atoms with Gasteiger partial charge < -0.3 is 14.4 Å². The second kappa shape index (κ2) is 20.1. The molecule has 0 rings (SSSR count). The average Bonchev–Trinajstić information content (AvgIpc) is 2.70. The maximum absolute atomic E-state index is 12.5. The highest BCUT2D eigenvalue weighted by Crippen LogP contribution is 2.20. The van der Waals surface area contributed by atoms with Crippen LogP contribution in [0.25, 0.3) is 0 Å². The molecule has 0 amide bonds. The van der Waals surface area contributed by atoms with Crippen molar-refractivity contribution in [2.75, 3.05) is 27.2 Å². The van der Waals surface area contributed by atoms with Crippen molar-refractivity contribution in [3.05, 3.63) is 0 Å². The molecule has 178 valence electrons. The Morgan fingerprint density at radius 2 is 1.40 bits per heavy atom. The van der Waals surface area contributed by atoms with Gasteiger partial charge in [0.25, 0.3) is 0 Å². The summed E-state index contributed by atoms with van der Waals surface area (Å²) in [7, 11) is 3.91. The van der Waals surface area contributed by atoms with E-state index >= 15 is 0 Å². The lowest BCUT2D eigenvalue weighted by atomic mass is 9.95. The molecule has 0 aromatic carbocycles. The maximum Gasteiger partial charge on any atom is 0.309 e. The number of hydrogen-bond donors (Lipinski definition) is 0. The van der Waals surface area contributed by atoms with Crippen LogP contribution >= 0.6 is 11.6 Å².